The van der Waals surface area contributed by atoms with Gasteiger partial charge in [0.15, 0.2) is 0 Å². The zero-order valence-corrected chi connectivity index (χ0v) is 16.3. The topological polar surface area (TPSA) is 84.2 Å². The SMILES string of the molecule is [B]c1c(O)cc(N(c2ccc(I)cc2)c2cc(O)c(S)c(O)c2)cc1O. The Morgan fingerprint density at radius 2 is 1.15 bits per heavy atom. The highest BCUT2D eigenvalue weighted by molar-refractivity contribution is 14.1. The summed E-state index contributed by atoms with van der Waals surface area (Å²) in [4.78, 5) is 1.70. The molecule has 4 N–H and O–H groups in total. The Hall–Kier alpha value is -2.20. The Bertz CT molecular complexity index is 878. The van der Waals surface area contributed by atoms with E-state index >= 15 is 0 Å². The molecule has 8 heteroatoms. The van der Waals surface area contributed by atoms with E-state index in [1.54, 1.807) is 4.90 Å². The van der Waals surface area contributed by atoms with Gasteiger partial charge in [-0.3, -0.25) is 0 Å². The number of halogens is 1. The van der Waals surface area contributed by atoms with Crippen LogP contribution in [0.5, 0.6) is 23.0 Å². The zero-order chi connectivity index (χ0) is 19.0. The number of aromatic hydroxyl groups is 4. The van der Waals surface area contributed by atoms with Crippen molar-refractivity contribution in [3.8, 4) is 23.0 Å². The first kappa shape index (κ1) is 18.6. The Balaban J connectivity index is 2.25. The van der Waals surface area contributed by atoms with Crippen LogP contribution in [0.1, 0.15) is 0 Å². The van der Waals surface area contributed by atoms with Gasteiger partial charge in [-0.25, -0.2) is 0 Å². The minimum absolute atomic E-state index is 0.0549. The Kier molecular flexibility index (Phi) is 5.15. The van der Waals surface area contributed by atoms with Crippen LogP contribution in [0, 0.1) is 3.57 Å². The van der Waals surface area contributed by atoms with Crippen molar-refractivity contribution in [2.45, 2.75) is 4.90 Å². The Morgan fingerprint density at radius 1 is 0.731 bits per heavy atom. The molecule has 0 bridgehead atoms. The molecule has 0 saturated carbocycles. The highest BCUT2D eigenvalue weighted by Crippen LogP contribution is 2.42. The summed E-state index contributed by atoms with van der Waals surface area (Å²) in [6.45, 7) is 0. The largest absolute Gasteiger partial charge is 0.508 e. The fraction of sp³-hybridized carbons (Fsp3) is 0. The molecule has 0 aromatic heterocycles. The minimum Gasteiger partial charge on any atom is -0.508 e. The summed E-state index contributed by atoms with van der Waals surface area (Å²) in [6.07, 6.45) is 0. The van der Waals surface area contributed by atoms with Gasteiger partial charge in [0, 0.05) is 33.5 Å². The molecule has 0 heterocycles. The smallest absolute Gasteiger partial charge is 0.134 e. The summed E-state index contributed by atoms with van der Waals surface area (Å²) in [6, 6.07) is 13.0. The van der Waals surface area contributed by atoms with Crippen LogP contribution >= 0.6 is 35.2 Å². The lowest BCUT2D eigenvalue weighted by Gasteiger charge is -2.26. The maximum Gasteiger partial charge on any atom is 0.134 e. The van der Waals surface area contributed by atoms with Crippen molar-refractivity contribution >= 4 is 65.6 Å². The summed E-state index contributed by atoms with van der Waals surface area (Å²) < 4.78 is 1.02. The lowest BCUT2D eigenvalue weighted by Crippen LogP contribution is -2.12. The van der Waals surface area contributed by atoms with Crippen LogP contribution in [0.2, 0.25) is 0 Å². The van der Waals surface area contributed by atoms with Crippen molar-refractivity contribution in [3.05, 3.63) is 52.1 Å². The first-order valence-electron chi connectivity index (χ1n) is 7.40. The maximum atomic E-state index is 10.0. The summed E-state index contributed by atoms with van der Waals surface area (Å²) in [5.74, 6) is -0.977. The van der Waals surface area contributed by atoms with Gasteiger partial charge in [-0.15, -0.1) is 12.6 Å². The molecular formula is C18H13BINO4S. The monoisotopic (exact) mass is 477 g/mol. The molecule has 3 rings (SSSR count). The third-order valence-electron chi connectivity index (χ3n) is 3.78. The van der Waals surface area contributed by atoms with Crippen LogP contribution in [-0.2, 0) is 0 Å². The number of hydrogen-bond donors (Lipinski definition) is 5. The minimum atomic E-state index is -0.283. The van der Waals surface area contributed by atoms with E-state index in [-0.39, 0.29) is 33.4 Å². The number of hydrogen-bond acceptors (Lipinski definition) is 6. The molecule has 0 aliphatic carbocycles. The number of anilines is 3. The van der Waals surface area contributed by atoms with Crippen molar-refractivity contribution in [1.29, 1.82) is 0 Å². The van der Waals surface area contributed by atoms with Crippen LogP contribution in [0.4, 0.5) is 17.1 Å². The molecule has 0 saturated heterocycles. The summed E-state index contributed by atoms with van der Waals surface area (Å²) in [7, 11) is 5.61. The lowest BCUT2D eigenvalue weighted by atomic mass is 9.93. The van der Waals surface area contributed by atoms with Crippen molar-refractivity contribution in [1.82, 2.24) is 0 Å². The highest BCUT2D eigenvalue weighted by atomic mass is 127. The fourth-order valence-corrected chi connectivity index (χ4v) is 2.98. The molecule has 0 spiro atoms. The first-order chi connectivity index (χ1) is 12.3. The fourth-order valence-electron chi connectivity index (χ4n) is 2.49. The average molecular weight is 477 g/mol. The third kappa shape index (κ3) is 3.52. The molecule has 0 fully saturated rings. The van der Waals surface area contributed by atoms with Crippen LogP contribution in [-0.4, -0.2) is 28.3 Å². The quantitative estimate of drug-likeness (QED) is 0.226. The lowest BCUT2D eigenvalue weighted by molar-refractivity contribution is 0.429. The van der Waals surface area contributed by atoms with Crippen LogP contribution < -0.4 is 10.4 Å². The summed E-state index contributed by atoms with van der Waals surface area (Å²) >= 11 is 6.22. The van der Waals surface area contributed by atoms with Crippen LogP contribution in [0.25, 0.3) is 0 Å². The number of phenolic OH excluding ortho intramolecular Hbond substituents is 4. The van der Waals surface area contributed by atoms with Gasteiger partial charge >= 0.3 is 0 Å². The van der Waals surface area contributed by atoms with Gasteiger partial charge in [-0.2, -0.15) is 0 Å². The molecule has 0 atom stereocenters. The molecule has 26 heavy (non-hydrogen) atoms. The standard InChI is InChI=1S/C18H13BINO4S/c19-17-13(22)5-11(6-14(17)23)21(10-3-1-9(20)2-4-10)12-7-15(24)18(26)16(25)8-12/h1-8,22-26H. The number of benzene rings is 3. The van der Waals surface area contributed by atoms with E-state index < -0.39 is 0 Å². The van der Waals surface area contributed by atoms with E-state index in [4.69, 9.17) is 7.85 Å². The van der Waals surface area contributed by atoms with Gasteiger partial charge in [0.05, 0.1) is 16.3 Å². The first-order valence-corrected chi connectivity index (χ1v) is 8.92. The number of thiol groups is 1. The summed E-state index contributed by atoms with van der Waals surface area (Å²) in [5.41, 5.74) is 1.34. The second-order valence-electron chi connectivity index (χ2n) is 5.54. The van der Waals surface area contributed by atoms with Crippen LogP contribution in [0.15, 0.2) is 53.4 Å². The second-order valence-corrected chi connectivity index (χ2v) is 7.23. The van der Waals surface area contributed by atoms with Gasteiger partial charge in [0.1, 0.15) is 30.8 Å². The molecule has 0 amide bonds. The molecule has 130 valence electrons. The Morgan fingerprint density at radius 3 is 1.62 bits per heavy atom. The zero-order valence-electron chi connectivity index (χ0n) is 13.3. The van der Waals surface area contributed by atoms with E-state index in [1.807, 2.05) is 24.3 Å². The van der Waals surface area contributed by atoms with Crippen molar-refractivity contribution in [2.24, 2.45) is 0 Å². The molecule has 0 aliphatic rings. The van der Waals surface area contributed by atoms with E-state index in [9.17, 15) is 20.4 Å². The number of rotatable bonds is 3. The van der Waals surface area contributed by atoms with Crippen LogP contribution in [0.3, 0.4) is 0 Å². The normalized spacial score (nSPS) is 10.7. The molecule has 0 aliphatic heterocycles. The predicted octanol–water partition coefficient (Wildman–Crippen LogP) is 3.67. The van der Waals surface area contributed by atoms with E-state index in [2.05, 4.69) is 35.2 Å². The molecule has 3 aromatic carbocycles. The van der Waals surface area contributed by atoms with Gasteiger partial charge in [0.2, 0.25) is 0 Å². The second kappa shape index (κ2) is 7.20. The number of phenols is 4. The molecular weight excluding hydrogens is 464 g/mol. The molecule has 3 aromatic rings. The van der Waals surface area contributed by atoms with E-state index in [0.717, 1.165) is 3.57 Å². The molecule has 0 unspecified atom stereocenters. The Labute approximate surface area is 170 Å². The van der Waals surface area contributed by atoms with Gasteiger partial charge in [-0.05, 0) is 52.3 Å². The average Bonchev–Trinajstić information content (AvgIpc) is 2.59. The predicted molar refractivity (Wildman–Crippen MR) is 113 cm³/mol. The van der Waals surface area contributed by atoms with E-state index in [1.165, 1.54) is 24.3 Å². The molecule has 5 nitrogen and oxygen atoms in total. The molecule has 2 radical (unpaired) electrons. The van der Waals surface area contributed by atoms with Gasteiger partial charge in [-0.1, -0.05) is 0 Å². The van der Waals surface area contributed by atoms with Gasteiger partial charge < -0.3 is 25.3 Å². The van der Waals surface area contributed by atoms with Crippen molar-refractivity contribution in [2.75, 3.05) is 4.90 Å². The summed E-state index contributed by atoms with van der Waals surface area (Å²) in [5, 5.41) is 40.1. The third-order valence-corrected chi connectivity index (χ3v) is 4.95. The van der Waals surface area contributed by atoms with E-state index in [0.29, 0.717) is 17.1 Å². The number of nitrogens with zero attached hydrogens (tertiary/aromatic N) is 1. The van der Waals surface area contributed by atoms with Crippen molar-refractivity contribution in [3.63, 3.8) is 0 Å². The van der Waals surface area contributed by atoms with Crippen molar-refractivity contribution < 1.29 is 20.4 Å². The van der Waals surface area contributed by atoms with Gasteiger partial charge in [0.25, 0.3) is 0 Å². The maximum absolute atomic E-state index is 10.0. The highest BCUT2D eigenvalue weighted by Gasteiger charge is 2.18.